The molecule has 24 heavy (non-hydrogen) atoms. The van der Waals surface area contributed by atoms with E-state index >= 15 is 0 Å². The normalized spacial score (nSPS) is 13.2. The van der Waals surface area contributed by atoms with Gasteiger partial charge in [0.15, 0.2) is 5.69 Å². The number of carbonyl (C=O) groups is 1. The molecule has 0 aliphatic carbocycles. The summed E-state index contributed by atoms with van der Waals surface area (Å²) in [6, 6.07) is 0.731. The molecule has 1 atom stereocenters. The van der Waals surface area contributed by atoms with Gasteiger partial charge in [0.2, 0.25) is 5.91 Å². The average molecular weight is 360 g/mol. The van der Waals surface area contributed by atoms with Gasteiger partial charge in [-0.05, 0) is 33.8 Å². The van der Waals surface area contributed by atoms with Crippen LogP contribution in [-0.4, -0.2) is 32.6 Å². The molecule has 0 aliphatic heterocycles. The predicted molar refractivity (Wildman–Crippen MR) is 84.7 cm³/mol. The molecule has 1 amide bonds. The van der Waals surface area contributed by atoms with Crippen LogP contribution in [0.4, 0.5) is 13.2 Å². The number of halogens is 3. The molecule has 0 saturated carbocycles. The number of aromatic nitrogens is 3. The molecule has 0 radical (unpaired) electrons. The first kappa shape index (κ1) is 18.4. The SMILES string of the molecule is Cc1nc(C)c(C(C)N(C)C(=O)Cn2nc(C(F)(F)F)cc2C)s1. The van der Waals surface area contributed by atoms with Crippen LogP contribution in [0.1, 0.15) is 39.9 Å². The van der Waals surface area contributed by atoms with Crippen molar-refractivity contribution < 1.29 is 18.0 Å². The number of hydrogen-bond donors (Lipinski definition) is 0. The van der Waals surface area contributed by atoms with Gasteiger partial charge in [-0.25, -0.2) is 4.98 Å². The molecule has 0 bridgehead atoms. The van der Waals surface area contributed by atoms with E-state index in [0.29, 0.717) is 5.69 Å². The van der Waals surface area contributed by atoms with Crippen LogP contribution in [0.3, 0.4) is 0 Å². The minimum Gasteiger partial charge on any atom is -0.337 e. The quantitative estimate of drug-likeness (QED) is 0.838. The third kappa shape index (κ3) is 3.77. The molecule has 0 spiro atoms. The number of thiazole rings is 1. The van der Waals surface area contributed by atoms with Gasteiger partial charge in [0.25, 0.3) is 0 Å². The van der Waals surface area contributed by atoms with Crippen LogP contribution in [0.2, 0.25) is 0 Å². The maximum absolute atomic E-state index is 12.7. The van der Waals surface area contributed by atoms with E-state index in [1.807, 2.05) is 20.8 Å². The Hall–Kier alpha value is -1.90. The number of amides is 1. The van der Waals surface area contributed by atoms with Crippen molar-refractivity contribution in [3.63, 3.8) is 0 Å². The van der Waals surface area contributed by atoms with Crippen molar-refractivity contribution in [2.24, 2.45) is 0 Å². The van der Waals surface area contributed by atoms with Crippen LogP contribution in [0.15, 0.2) is 6.07 Å². The van der Waals surface area contributed by atoms with Crippen molar-refractivity contribution in [1.29, 1.82) is 0 Å². The summed E-state index contributed by atoms with van der Waals surface area (Å²) in [6.07, 6.45) is -4.52. The third-order valence-electron chi connectivity index (χ3n) is 3.85. The minimum atomic E-state index is -4.52. The lowest BCUT2D eigenvalue weighted by Crippen LogP contribution is -2.33. The molecule has 2 aromatic heterocycles. The highest BCUT2D eigenvalue weighted by Crippen LogP contribution is 2.30. The number of rotatable bonds is 4. The highest BCUT2D eigenvalue weighted by molar-refractivity contribution is 7.11. The summed E-state index contributed by atoms with van der Waals surface area (Å²) in [5, 5.41) is 4.40. The maximum atomic E-state index is 12.7. The summed E-state index contributed by atoms with van der Waals surface area (Å²) >= 11 is 1.51. The Labute approximate surface area is 142 Å². The topological polar surface area (TPSA) is 51.0 Å². The summed E-state index contributed by atoms with van der Waals surface area (Å²) in [5.41, 5.74) is 0.165. The second-order valence-electron chi connectivity index (χ2n) is 5.69. The first-order valence-corrected chi connectivity index (χ1v) is 8.13. The molecule has 0 aromatic carbocycles. The highest BCUT2D eigenvalue weighted by atomic mass is 32.1. The molecule has 2 heterocycles. The molecule has 0 N–H and O–H groups in total. The van der Waals surface area contributed by atoms with Gasteiger partial charge in [-0.3, -0.25) is 9.48 Å². The van der Waals surface area contributed by atoms with Gasteiger partial charge < -0.3 is 4.90 Å². The molecule has 0 aliphatic rings. The van der Waals surface area contributed by atoms with Crippen LogP contribution < -0.4 is 0 Å². The van der Waals surface area contributed by atoms with E-state index in [9.17, 15) is 18.0 Å². The van der Waals surface area contributed by atoms with Crippen molar-refractivity contribution in [2.75, 3.05) is 7.05 Å². The van der Waals surface area contributed by atoms with Crippen LogP contribution in [-0.2, 0) is 17.5 Å². The number of likely N-dealkylation sites (N-methyl/N-ethyl adjacent to an activating group) is 1. The van der Waals surface area contributed by atoms with Crippen molar-refractivity contribution in [1.82, 2.24) is 19.7 Å². The van der Waals surface area contributed by atoms with Gasteiger partial charge >= 0.3 is 6.18 Å². The van der Waals surface area contributed by atoms with E-state index in [-0.39, 0.29) is 18.5 Å². The van der Waals surface area contributed by atoms with Gasteiger partial charge in [-0.1, -0.05) is 0 Å². The van der Waals surface area contributed by atoms with E-state index in [4.69, 9.17) is 0 Å². The van der Waals surface area contributed by atoms with Crippen molar-refractivity contribution >= 4 is 17.2 Å². The van der Waals surface area contributed by atoms with E-state index < -0.39 is 11.9 Å². The van der Waals surface area contributed by atoms with Gasteiger partial charge in [-0.2, -0.15) is 18.3 Å². The number of nitrogens with zero attached hydrogens (tertiary/aromatic N) is 4. The lowest BCUT2D eigenvalue weighted by atomic mass is 10.2. The van der Waals surface area contributed by atoms with Gasteiger partial charge in [0.05, 0.1) is 16.7 Å². The molecule has 5 nitrogen and oxygen atoms in total. The fourth-order valence-corrected chi connectivity index (χ4v) is 3.40. The van der Waals surface area contributed by atoms with Gasteiger partial charge in [0.1, 0.15) is 6.54 Å². The number of hydrogen-bond acceptors (Lipinski definition) is 4. The monoisotopic (exact) mass is 360 g/mol. The molecule has 0 saturated heterocycles. The standard InChI is InChI=1S/C15H19F3N4OS/c1-8-6-12(15(16,17)18)20-22(8)7-13(23)21(5)10(3)14-9(2)19-11(4)24-14/h6,10H,7H2,1-5H3. The largest absolute Gasteiger partial charge is 0.435 e. The Kier molecular flexibility index (Phi) is 5.03. The maximum Gasteiger partial charge on any atom is 0.435 e. The van der Waals surface area contributed by atoms with Crippen LogP contribution in [0, 0.1) is 20.8 Å². The third-order valence-corrected chi connectivity index (χ3v) is 5.09. The number of carbonyl (C=O) groups excluding carboxylic acids is 1. The molecule has 2 rings (SSSR count). The Bertz CT molecular complexity index is 750. The fraction of sp³-hybridized carbons (Fsp3) is 0.533. The summed E-state index contributed by atoms with van der Waals surface area (Å²) < 4.78 is 39.2. The summed E-state index contributed by atoms with van der Waals surface area (Å²) in [5.74, 6) is -0.312. The molecule has 132 valence electrons. The molecule has 1 unspecified atom stereocenters. The zero-order valence-corrected chi connectivity index (χ0v) is 14.9. The van der Waals surface area contributed by atoms with E-state index in [1.54, 1.807) is 7.05 Å². The lowest BCUT2D eigenvalue weighted by molar-refractivity contribution is -0.142. The lowest BCUT2D eigenvalue weighted by Gasteiger charge is -2.24. The zero-order chi connectivity index (χ0) is 18.2. The Balaban J connectivity index is 2.15. The zero-order valence-electron chi connectivity index (χ0n) is 14.1. The molecular formula is C15H19F3N4OS. The predicted octanol–water partition coefficient (Wildman–Crippen LogP) is 3.50. The van der Waals surface area contributed by atoms with Crippen LogP contribution in [0.25, 0.3) is 0 Å². The van der Waals surface area contributed by atoms with E-state index in [1.165, 1.54) is 23.2 Å². The summed E-state index contributed by atoms with van der Waals surface area (Å²) in [6.45, 7) is 6.90. The minimum absolute atomic E-state index is 0.207. The van der Waals surface area contributed by atoms with E-state index in [2.05, 4.69) is 10.1 Å². The fourth-order valence-electron chi connectivity index (χ4n) is 2.37. The van der Waals surface area contributed by atoms with Crippen molar-refractivity contribution in [2.45, 2.75) is 46.5 Å². The highest BCUT2D eigenvalue weighted by Gasteiger charge is 2.34. The Morgan fingerprint density at radius 1 is 1.38 bits per heavy atom. The second kappa shape index (κ2) is 6.54. The first-order valence-electron chi connectivity index (χ1n) is 7.32. The smallest absolute Gasteiger partial charge is 0.337 e. The second-order valence-corrected chi connectivity index (χ2v) is 6.92. The van der Waals surface area contributed by atoms with E-state index in [0.717, 1.165) is 26.3 Å². The van der Waals surface area contributed by atoms with Gasteiger partial charge in [-0.15, -0.1) is 11.3 Å². The first-order chi connectivity index (χ1) is 11.0. The van der Waals surface area contributed by atoms with Crippen LogP contribution in [0.5, 0.6) is 0 Å². The number of alkyl halides is 3. The Morgan fingerprint density at radius 3 is 2.46 bits per heavy atom. The molecular weight excluding hydrogens is 341 g/mol. The van der Waals surface area contributed by atoms with Crippen molar-refractivity contribution in [3.8, 4) is 0 Å². The van der Waals surface area contributed by atoms with Crippen LogP contribution >= 0.6 is 11.3 Å². The average Bonchev–Trinajstić information content (AvgIpc) is 2.99. The Morgan fingerprint density at radius 2 is 2.00 bits per heavy atom. The van der Waals surface area contributed by atoms with Gasteiger partial charge in [0, 0.05) is 17.6 Å². The summed E-state index contributed by atoms with van der Waals surface area (Å²) in [7, 11) is 1.63. The summed E-state index contributed by atoms with van der Waals surface area (Å²) in [4.78, 5) is 19.2. The molecule has 0 fully saturated rings. The molecule has 2 aromatic rings. The van der Waals surface area contributed by atoms with Crippen molar-refractivity contribution in [3.05, 3.63) is 33.0 Å². The number of aryl methyl sites for hydroxylation is 3. The molecule has 9 heteroatoms.